The molecule has 0 aromatic heterocycles. The van der Waals surface area contributed by atoms with Gasteiger partial charge in [-0.1, -0.05) is 50.1 Å². The smallest absolute Gasteiger partial charge is 0.262 e. The zero-order valence-corrected chi connectivity index (χ0v) is 19.6. The van der Waals surface area contributed by atoms with Crippen molar-refractivity contribution >= 4 is 33.2 Å². The molecule has 0 aliphatic carbocycles. The molecule has 31 heavy (non-hydrogen) atoms. The average Bonchev–Trinajstić information content (AvgIpc) is 2.78. The Balaban J connectivity index is 1.67. The first-order chi connectivity index (χ1) is 14.9. The molecular weight excluding hydrogens is 436 g/mol. The van der Waals surface area contributed by atoms with Gasteiger partial charge < -0.3 is 10.1 Å². The van der Waals surface area contributed by atoms with Gasteiger partial charge in [-0.2, -0.15) is 4.31 Å². The van der Waals surface area contributed by atoms with Gasteiger partial charge in [0.1, 0.15) is 5.75 Å². The number of halogens is 1. The van der Waals surface area contributed by atoms with Gasteiger partial charge in [0.15, 0.2) is 6.61 Å². The molecule has 0 radical (unpaired) electrons. The van der Waals surface area contributed by atoms with E-state index in [9.17, 15) is 13.2 Å². The first-order valence-electron chi connectivity index (χ1n) is 10.7. The first-order valence-corrected chi connectivity index (χ1v) is 12.5. The van der Waals surface area contributed by atoms with E-state index in [1.165, 1.54) is 22.5 Å². The third kappa shape index (κ3) is 5.59. The molecule has 3 rings (SSSR count). The Labute approximate surface area is 189 Å². The van der Waals surface area contributed by atoms with Crippen LogP contribution in [0.15, 0.2) is 41.3 Å². The van der Waals surface area contributed by atoms with Crippen molar-refractivity contribution in [1.82, 2.24) is 4.31 Å². The summed E-state index contributed by atoms with van der Waals surface area (Å²) >= 11 is 6.27. The fraction of sp³-hybridized carbons (Fsp3) is 0.435. The van der Waals surface area contributed by atoms with Crippen LogP contribution >= 0.6 is 11.6 Å². The normalized spacial score (nSPS) is 14.9. The summed E-state index contributed by atoms with van der Waals surface area (Å²) in [7, 11) is -3.57. The number of nitrogens with zero attached hydrogens (tertiary/aromatic N) is 1. The quantitative estimate of drug-likeness (QED) is 0.616. The van der Waals surface area contributed by atoms with Gasteiger partial charge in [-0.05, 0) is 55.0 Å². The Morgan fingerprint density at radius 2 is 1.71 bits per heavy atom. The Morgan fingerprint density at radius 1 is 1.06 bits per heavy atom. The van der Waals surface area contributed by atoms with E-state index in [0.29, 0.717) is 13.1 Å². The minimum atomic E-state index is -3.57. The Kier molecular flexibility index (Phi) is 7.97. The minimum absolute atomic E-state index is 0.140. The van der Waals surface area contributed by atoms with Crippen LogP contribution in [0.25, 0.3) is 0 Å². The van der Waals surface area contributed by atoms with Crippen LogP contribution < -0.4 is 10.1 Å². The highest BCUT2D eigenvalue weighted by Gasteiger charge is 2.26. The number of rotatable bonds is 8. The molecule has 0 atom stereocenters. The molecule has 1 saturated heterocycles. The maximum absolute atomic E-state index is 12.8. The highest BCUT2D eigenvalue weighted by molar-refractivity contribution is 7.89. The van der Waals surface area contributed by atoms with Gasteiger partial charge >= 0.3 is 0 Å². The number of benzene rings is 2. The molecule has 0 spiro atoms. The van der Waals surface area contributed by atoms with Crippen molar-refractivity contribution in [3.05, 3.63) is 52.5 Å². The molecule has 2 aromatic carbocycles. The summed E-state index contributed by atoms with van der Waals surface area (Å²) < 4.78 is 32.7. The number of anilines is 1. The SMILES string of the molecule is CCc1cccc(CC)c1NC(=O)COc1ccc(S(=O)(=O)N2CCCCC2)cc1Cl. The Morgan fingerprint density at radius 3 is 2.29 bits per heavy atom. The van der Waals surface area contributed by atoms with Crippen LogP contribution in [0.2, 0.25) is 5.02 Å². The fourth-order valence-electron chi connectivity index (χ4n) is 3.74. The Hall–Kier alpha value is -2.09. The summed E-state index contributed by atoms with van der Waals surface area (Å²) in [6.07, 6.45) is 4.39. The number of para-hydroxylation sites is 1. The van der Waals surface area contributed by atoms with Crippen LogP contribution in [-0.4, -0.2) is 38.3 Å². The molecule has 1 heterocycles. The van der Waals surface area contributed by atoms with Gasteiger partial charge in [0.05, 0.1) is 9.92 Å². The lowest BCUT2D eigenvalue weighted by atomic mass is 10.0. The van der Waals surface area contributed by atoms with E-state index in [1.54, 1.807) is 0 Å². The Bertz CT molecular complexity index is 1010. The van der Waals surface area contributed by atoms with Crippen molar-refractivity contribution in [2.24, 2.45) is 0 Å². The number of aryl methyl sites for hydroxylation is 2. The zero-order chi connectivity index (χ0) is 22.4. The molecule has 0 bridgehead atoms. The van der Waals surface area contributed by atoms with Crippen LogP contribution in [-0.2, 0) is 27.7 Å². The number of ether oxygens (including phenoxy) is 1. The summed E-state index contributed by atoms with van der Waals surface area (Å²) in [5.74, 6) is -0.0226. The van der Waals surface area contributed by atoms with E-state index in [-0.39, 0.29) is 28.2 Å². The summed E-state index contributed by atoms with van der Waals surface area (Å²) in [5.41, 5.74) is 2.96. The molecule has 1 N–H and O–H groups in total. The summed E-state index contributed by atoms with van der Waals surface area (Å²) in [6, 6.07) is 10.3. The number of carbonyl (C=O) groups is 1. The molecule has 168 valence electrons. The van der Waals surface area contributed by atoms with E-state index < -0.39 is 10.0 Å². The highest BCUT2D eigenvalue weighted by atomic mass is 35.5. The topological polar surface area (TPSA) is 75.7 Å². The number of nitrogens with one attached hydrogen (secondary N) is 1. The van der Waals surface area contributed by atoms with E-state index in [4.69, 9.17) is 16.3 Å². The molecule has 1 amide bonds. The predicted molar refractivity (Wildman–Crippen MR) is 123 cm³/mol. The fourth-order valence-corrected chi connectivity index (χ4v) is 5.58. The number of sulfonamides is 1. The van der Waals surface area contributed by atoms with Gasteiger partial charge in [-0.15, -0.1) is 0 Å². The summed E-state index contributed by atoms with van der Waals surface area (Å²) in [4.78, 5) is 12.6. The monoisotopic (exact) mass is 464 g/mol. The number of piperidine rings is 1. The van der Waals surface area contributed by atoms with Crippen LogP contribution in [0, 0.1) is 0 Å². The van der Waals surface area contributed by atoms with E-state index in [0.717, 1.165) is 48.9 Å². The second-order valence-electron chi connectivity index (χ2n) is 7.55. The van der Waals surface area contributed by atoms with E-state index in [2.05, 4.69) is 5.32 Å². The van der Waals surface area contributed by atoms with Gasteiger partial charge in [0.2, 0.25) is 10.0 Å². The molecule has 1 aliphatic rings. The summed E-state index contributed by atoms with van der Waals surface area (Å²) in [6.45, 7) is 4.91. The van der Waals surface area contributed by atoms with Crippen LogP contribution in [0.3, 0.4) is 0 Å². The van der Waals surface area contributed by atoms with Crippen molar-refractivity contribution < 1.29 is 17.9 Å². The number of hydrogen-bond acceptors (Lipinski definition) is 4. The molecule has 1 fully saturated rings. The molecule has 2 aromatic rings. The molecular formula is C23H29ClN2O4S. The highest BCUT2D eigenvalue weighted by Crippen LogP contribution is 2.30. The van der Waals surface area contributed by atoms with Crippen LogP contribution in [0.4, 0.5) is 5.69 Å². The van der Waals surface area contributed by atoms with Crippen molar-refractivity contribution in [2.75, 3.05) is 25.0 Å². The van der Waals surface area contributed by atoms with Gasteiger partial charge in [-0.3, -0.25) is 4.79 Å². The number of amides is 1. The average molecular weight is 465 g/mol. The second-order valence-corrected chi connectivity index (χ2v) is 9.90. The molecule has 1 aliphatic heterocycles. The molecule has 0 saturated carbocycles. The predicted octanol–water partition coefficient (Wildman–Crippen LogP) is 4.66. The first kappa shape index (κ1) is 23.6. The van der Waals surface area contributed by atoms with Crippen molar-refractivity contribution in [3.8, 4) is 5.75 Å². The standard InChI is InChI=1S/C23H29ClN2O4S/c1-3-17-9-8-10-18(4-2)23(17)25-22(27)16-30-21-12-11-19(15-20(21)24)31(28,29)26-13-6-5-7-14-26/h8-12,15H,3-7,13-14,16H2,1-2H3,(H,25,27). The molecule has 8 heteroatoms. The number of hydrogen-bond donors (Lipinski definition) is 1. The maximum Gasteiger partial charge on any atom is 0.262 e. The minimum Gasteiger partial charge on any atom is -0.482 e. The van der Waals surface area contributed by atoms with Crippen molar-refractivity contribution in [1.29, 1.82) is 0 Å². The zero-order valence-electron chi connectivity index (χ0n) is 18.0. The third-order valence-corrected chi connectivity index (χ3v) is 7.67. The number of carbonyl (C=O) groups excluding carboxylic acids is 1. The van der Waals surface area contributed by atoms with Crippen molar-refractivity contribution in [3.63, 3.8) is 0 Å². The lowest BCUT2D eigenvalue weighted by molar-refractivity contribution is -0.118. The lowest BCUT2D eigenvalue weighted by Gasteiger charge is -2.26. The van der Waals surface area contributed by atoms with Crippen molar-refractivity contribution in [2.45, 2.75) is 50.8 Å². The largest absolute Gasteiger partial charge is 0.482 e. The molecule has 6 nitrogen and oxygen atoms in total. The summed E-state index contributed by atoms with van der Waals surface area (Å²) in [5, 5.41) is 3.10. The van der Waals surface area contributed by atoms with E-state index >= 15 is 0 Å². The van der Waals surface area contributed by atoms with Gasteiger partial charge in [0.25, 0.3) is 5.91 Å². The lowest BCUT2D eigenvalue weighted by Crippen LogP contribution is -2.35. The second kappa shape index (κ2) is 10.5. The van der Waals surface area contributed by atoms with Gasteiger partial charge in [-0.25, -0.2) is 8.42 Å². The van der Waals surface area contributed by atoms with Crippen LogP contribution in [0.1, 0.15) is 44.2 Å². The van der Waals surface area contributed by atoms with Gasteiger partial charge in [0, 0.05) is 18.8 Å². The van der Waals surface area contributed by atoms with Crippen LogP contribution in [0.5, 0.6) is 5.75 Å². The van der Waals surface area contributed by atoms with E-state index in [1.807, 2.05) is 32.0 Å². The molecule has 0 unspecified atom stereocenters. The maximum atomic E-state index is 12.8. The third-order valence-electron chi connectivity index (χ3n) is 5.48.